The number of carbonyl (C=O) groups is 2. The summed E-state index contributed by atoms with van der Waals surface area (Å²) < 4.78 is 39.3. The highest BCUT2D eigenvalue weighted by molar-refractivity contribution is 7.19. The van der Waals surface area contributed by atoms with Crippen LogP contribution in [0.1, 0.15) is 48.5 Å². The monoisotopic (exact) mass is 419 g/mol. The second-order valence-corrected chi connectivity index (χ2v) is 7.35. The number of unbranched alkanes of at least 4 members (excludes halogenated alkanes) is 2. The highest BCUT2D eigenvalue weighted by Crippen LogP contribution is 2.32. The molecule has 0 saturated heterocycles. The summed E-state index contributed by atoms with van der Waals surface area (Å²) in [6, 6.07) is 1.93. The van der Waals surface area contributed by atoms with Crippen molar-refractivity contribution >= 4 is 45.6 Å². The van der Waals surface area contributed by atoms with Gasteiger partial charge in [0, 0.05) is 12.0 Å². The van der Waals surface area contributed by atoms with Crippen molar-refractivity contribution in [3.8, 4) is 0 Å². The number of urea groups is 1. The molecule has 0 aliphatic heterocycles. The number of aromatic nitrogens is 1. The minimum absolute atomic E-state index is 0.00431. The number of rotatable bonds is 7. The molecule has 1 aromatic carbocycles. The molecule has 0 fully saturated rings. The molecule has 10 heteroatoms. The van der Waals surface area contributed by atoms with E-state index in [0.717, 1.165) is 42.4 Å². The predicted molar refractivity (Wildman–Crippen MR) is 99.7 cm³/mol. The van der Waals surface area contributed by atoms with Gasteiger partial charge >= 0.3 is 12.2 Å². The van der Waals surface area contributed by atoms with E-state index < -0.39 is 23.6 Å². The number of carbonyl (C=O) groups excluding carboxylic acids is 2. The summed E-state index contributed by atoms with van der Waals surface area (Å²) in [6.45, 7) is 1.96. The second kappa shape index (κ2) is 9.18. The van der Waals surface area contributed by atoms with Crippen LogP contribution in [0, 0.1) is 0 Å². The summed E-state index contributed by atoms with van der Waals surface area (Å²) in [4.78, 5) is 28.3. The lowest BCUT2D eigenvalue weighted by molar-refractivity contribution is -0.137. The second-order valence-electron chi connectivity index (χ2n) is 5.69. The SMILES string of the molecule is CCCCCC(=O)c1cc(C(F)(F)F)ccc1NC(=O)Nc1ncc(Cl)s1. The number of nitrogens with one attached hydrogen (secondary N) is 2. The fraction of sp³-hybridized carbons (Fsp3) is 0.353. The largest absolute Gasteiger partial charge is 0.416 e. The highest BCUT2D eigenvalue weighted by atomic mass is 35.5. The van der Waals surface area contributed by atoms with E-state index in [9.17, 15) is 22.8 Å². The molecule has 2 amide bonds. The van der Waals surface area contributed by atoms with E-state index in [1.165, 1.54) is 6.20 Å². The van der Waals surface area contributed by atoms with Crippen LogP contribution >= 0.6 is 22.9 Å². The van der Waals surface area contributed by atoms with Crippen LogP contribution in [-0.4, -0.2) is 16.8 Å². The Labute approximate surface area is 162 Å². The van der Waals surface area contributed by atoms with Crippen LogP contribution in [0.15, 0.2) is 24.4 Å². The first kappa shape index (κ1) is 21.2. The average molecular weight is 420 g/mol. The van der Waals surface area contributed by atoms with Crippen molar-refractivity contribution in [2.75, 3.05) is 10.6 Å². The smallest absolute Gasteiger partial charge is 0.307 e. The standard InChI is InChI=1S/C17H17ClF3N3O2S/c1-2-3-4-5-13(25)11-8-10(17(19,20)21)6-7-12(11)23-15(26)24-16-22-9-14(18)27-16/h6-9H,2-5H2,1H3,(H2,22,23,24,26). The molecule has 0 bridgehead atoms. The van der Waals surface area contributed by atoms with Crippen LogP contribution in [0.2, 0.25) is 4.34 Å². The summed E-state index contributed by atoms with van der Waals surface area (Å²) in [5, 5.41) is 5.04. The molecule has 2 rings (SSSR count). The van der Waals surface area contributed by atoms with Gasteiger partial charge in [-0.25, -0.2) is 9.78 Å². The molecule has 146 valence electrons. The van der Waals surface area contributed by atoms with Gasteiger partial charge < -0.3 is 5.32 Å². The molecule has 0 radical (unpaired) electrons. The molecular weight excluding hydrogens is 403 g/mol. The summed E-state index contributed by atoms with van der Waals surface area (Å²) in [5.74, 6) is -0.456. The number of ketones is 1. The first-order valence-electron chi connectivity index (χ1n) is 8.14. The Balaban J connectivity index is 2.22. The number of alkyl halides is 3. The normalized spacial score (nSPS) is 11.3. The first-order valence-corrected chi connectivity index (χ1v) is 9.34. The predicted octanol–water partition coefficient (Wildman–Crippen LogP) is 6.22. The topological polar surface area (TPSA) is 71.1 Å². The molecule has 1 aromatic heterocycles. The molecular formula is C17H17ClF3N3O2S. The van der Waals surface area contributed by atoms with Crippen LogP contribution in [0.4, 0.5) is 28.8 Å². The molecule has 0 unspecified atom stereocenters. The van der Waals surface area contributed by atoms with E-state index in [0.29, 0.717) is 10.8 Å². The van der Waals surface area contributed by atoms with Crippen LogP contribution in [-0.2, 0) is 6.18 Å². The molecule has 27 heavy (non-hydrogen) atoms. The number of amides is 2. The van der Waals surface area contributed by atoms with Gasteiger partial charge in [-0.3, -0.25) is 10.1 Å². The summed E-state index contributed by atoms with van der Waals surface area (Å²) in [7, 11) is 0. The van der Waals surface area contributed by atoms with Crippen molar-refractivity contribution in [3.05, 3.63) is 39.9 Å². The molecule has 0 atom stereocenters. The van der Waals surface area contributed by atoms with Crippen LogP contribution in [0.5, 0.6) is 0 Å². The van der Waals surface area contributed by atoms with Crippen LogP contribution < -0.4 is 10.6 Å². The Morgan fingerprint density at radius 1 is 1.22 bits per heavy atom. The van der Waals surface area contributed by atoms with E-state index in [1.807, 2.05) is 6.92 Å². The quantitative estimate of drug-likeness (QED) is 0.413. The van der Waals surface area contributed by atoms with E-state index in [1.54, 1.807) is 0 Å². The first-order chi connectivity index (χ1) is 12.7. The van der Waals surface area contributed by atoms with Gasteiger partial charge in [0.05, 0.1) is 17.4 Å². The maximum atomic E-state index is 13.0. The van der Waals surface area contributed by atoms with Crippen molar-refractivity contribution in [2.24, 2.45) is 0 Å². The zero-order chi connectivity index (χ0) is 20.0. The number of Topliss-reactive ketones (excluding diaryl/α,β-unsaturated/α-hetero) is 1. The van der Waals surface area contributed by atoms with Gasteiger partial charge in [-0.15, -0.1) is 0 Å². The fourth-order valence-electron chi connectivity index (χ4n) is 2.29. The summed E-state index contributed by atoms with van der Waals surface area (Å²) in [6.07, 6.45) is -0.902. The molecule has 5 nitrogen and oxygen atoms in total. The Morgan fingerprint density at radius 3 is 2.56 bits per heavy atom. The van der Waals surface area contributed by atoms with Gasteiger partial charge in [0.2, 0.25) is 0 Å². The molecule has 0 aliphatic carbocycles. The zero-order valence-electron chi connectivity index (χ0n) is 14.3. The Bertz CT molecular complexity index is 824. The van der Waals surface area contributed by atoms with Crippen LogP contribution in [0.25, 0.3) is 0 Å². The van der Waals surface area contributed by atoms with E-state index in [2.05, 4.69) is 15.6 Å². The maximum absolute atomic E-state index is 13.0. The maximum Gasteiger partial charge on any atom is 0.416 e. The molecule has 2 N–H and O–H groups in total. The van der Waals surface area contributed by atoms with Crippen LogP contribution in [0.3, 0.4) is 0 Å². The third-order valence-corrected chi connectivity index (χ3v) is 4.63. The van der Waals surface area contributed by atoms with Gasteiger partial charge in [0.1, 0.15) is 4.34 Å². The lowest BCUT2D eigenvalue weighted by atomic mass is 10.0. The number of hydrogen-bond acceptors (Lipinski definition) is 4. The number of nitrogens with zero attached hydrogens (tertiary/aromatic N) is 1. The summed E-state index contributed by atoms with van der Waals surface area (Å²) >= 11 is 6.75. The zero-order valence-corrected chi connectivity index (χ0v) is 15.9. The Morgan fingerprint density at radius 2 is 1.96 bits per heavy atom. The van der Waals surface area contributed by atoms with E-state index in [4.69, 9.17) is 11.6 Å². The highest BCUT2D eigenvalue weighted by Gasteiger charge is 2.32. The third kappa shape index (κ3) is 6.21. The number of anilines is 2. The lowest BCUT2D eigenvalue weighted by Crippen LogP contribution is -2.21. The number of hydrogen-bond donors (Lipinski definition) is 2. The van der Waals surface area contributed by atoms with Gasteiger partial charge in [-0.1, -0.05) is 42.7 Å². The number of benzene rings is 1. The molecule has 1 heterocycles. The van der Waals surface area contributed by atoms with Crippen molar-refractivity contribution in [1.82, 2.24) is 4.98 Å². The number of thiazole rings is 1. The van der Waals surface area contributed by atoms with E-state index in [-0.39, 0.29) is 22.8 Å². The summed E-state index contributed by atoms with van der Waals surface area (Å²) in [5.41, 5.74) is -1.11. The lowest BCUT2D eigenvalue weighted by Gasteiger charge is -2.14. The molecule has 0 spiro atoms. The third-order valence-electron chi connectivity index (χ3n) is 3.60. The fourth-order valence-corrected chi connectivity index (χ4v) is 3.10. The van der Waals surface area contributed by atoms with Crippen molar-refractivity contribution in [3.63, 3.8) is 0 Å². The minimum Gasteiger partial charge on any atom is -0.307 e. The Kier molecular flexibility index (Phi) is 7.20. The Hall–Kier alpha value is -2.13. The van der Waals surface area contributed by atoms with Gasteiger partial charge in [0.15, 0.2) is 10.9 Å². The average Bonchev–Trinajstić information content (AvgIpc) is 2.99. The number of halogens is 4. The molecule has 0 aliphatic rings. The van der Waals surface area contributed by atoms with E-state index >= 15 is 0 Å². The molecule has 2 aromatic rings. The minimum atomic E-state index is -4.59. The van der Waals surface area contributed by atoms with Crippen molar-refractivity contribution < 1.29 is 22.8 Å². The van der Waals surface area contributed by atoms with Crippen molar-refractivity contribution in [1.29, 1.82) is 0 Å². The molecule has 0 saturated carbocycles. The van der Waals surface area contributed by atoms with Gasteiger partial charge in [-0.05, 0) is 24.6 Å². The van der Waals surface area contributed by atoms with Crippen molar-refractivity contribution in [2.45, 2.75) is 38.8 Å². The van der Waals surface area contributed by atoms with Gasteiger partial charge in [0.25, 0.3) is 0 Å². The van der Waals surface area contributed by atoms with Gasteiger partial charge in [-0.2, -0.15) is 13.2 Å².